The average Bonchev–Trinajstić information content (AvgIpc) is 3.32. The number of carboxylic acid groups (broad SMARTS) is 1. The molecule has 0 spiro atoms. The molecular formula is C17H13F3N2O5S3. The highest BCUT2D eigenvalue weighted by Crippen LogP contribution is 2.33. The Morgan fingerprint density at radius 3 is 2.53 bits per heavy atom. The Labute approximate surface area is 176 Å². The molecule has 30 heavy (non-hydrogen) atoms. The van der Waals surface area contributed by atoms with E-state index in [-0.39, 0.29) is 20.5 Å². The first kappa shape index (κ1) is 22.2. The molecule has 0 aromatic carbocycles. The van der Waals surface area contributed by atoms with Gasteiger partial charge in [0.15, 0.2) is 9.84 Å². The van der Waals surface area contributed by atoms with Crippen LogP contribution in [0.1, 0.15) is 28.0 Å². The highest BCUT2D eigenvalue weighted by molar-refractivity contribution is 7.92. The average molecular weight is 478 g/mol. The number of aromatic nitrogens is 2. The van der Waals surface area contributed by atoms with Crippen LogP contribution in [0.2, 0.25) is 0 Å². The Balaban J connectivity index is 2.11. The Morgan fingerprint density at radius 1 is 1.30 bits per heavy atom. The molecule has 13 heteroatoms. The normalized spacial score (nSPS) is 12.3. The fraction of sp³-hybridized carbons (Fsp3) is 0.235. The van der Waals surface area contributed by atoms with Crippen molar-refractivity contribution in [3.8, 4) is 11.3 Å². The van der Waals surface area contributed by atoms with E-state index in [4.69, 9.17) is 0 Å². The van der Waals surface area contributed by atoms with E-state index in [2.05, 4.69) is 4.98 Å². The van der Waals surface area contributed by atoms with Gasteiger partial charge in [0.25, 0.3) is 5.56 Å². The topological polar surface area (TPSA) is 106 Å². The van der Waals surface area contributed by atoms with Crippen LogP contribution in [-0.4, -0.2) is 29.0 Å². The maximum Gasteiger partial charge on any atom is 0.432 e. The molecule has 3 aromatic heterocycles. The molecule has 0 unspecified atom stereocenters. The second-order valence-electron chi connectivity index (χ2n) is 5.99. The van der Waals surface area contributed by atoms with Gasteiger partial charge in [-0.1, -0.05) is 6.07 Å². The zero-order chi connectivity index (χ0) is 22.3. The SMILES string of the molecule is CCn1c(C(F)(F)F)c(C(=O)O)cc(-c2csc(CS(=O)(=O)c3cccs3)n2)c1=O. The molecule has 0 aliphatic heterocycles. The molecule has 3 rings (SSSR count). The summed E-state index contributed by atoms with van der Waals surface area (Å²) in [6, 6.07) is 3.64. The number of halogens is 3. The zero-order valence-electron chi connectivity index (χ0n) is 15.1. The van der Waals surface area contributed by atoms with Crippen LogP contribution < -0.4 is 5.56 Å². The van der Waals surface area contributed by atoms with E-state index in [0.717, 1.165) is 22.7 Å². The van der Waals surface area contributed by atoms with Gasteiger partial charge in [0.1, 0.15) is 20.7 Å². The summed E-state index contributed by atoms with van der Waals surface area (Å²) in [5.41, 5.74) is -4.13. The molecule has 0 radical (unpaired) electrons. The van der Waals surface area contributed by atoms with Gasteiger partial charge < -0.3 is 9.67 Å². The number of sulfone groups is 1. The number of aromatic carboxylic acids is 1. The lowest BCUT2D eigenvalue weighted by atomic mass is 10.1. The Morgan fingerprint density at radius 2 is 2.00 bits per heavy atom. The summed E-state index contributed by atoms with van der Waals surface area (Å²) in [4.78, 5) is 28.1. The Bertz CT molecular complexity index is 1260. The standard InChI is InChI=1S/C17H13F3N2O5S3/c1-2-22-14(17(18,19)20)10(16(24)25)6-9(15(22)23)11-7-29-12(21-11)8-30(26,27)13-4-3-5-28-13/h3-7H,2,8H2,1H3,(H,24,25). The third kappa shape index (κ3) is 4.18. The minimum absolute atomic E-state index is 0.0835. The Hall–Kier alpha value is -2.51. The van der Waals surface area contributed by atoms with Gasteiger partial charge in [0.05, 0.1) is 16.8 Å². The molecule has 0 fully saturated rings. The van der Waals surface area contributed by atoms with Crippen LogP contribution >= 0.6 is 22.7 Å². The molecule has 0 amide bonds. The molecule has 160 valence electrons. The van der Waals surface area contributed by atoms with Crippen LogP contribution in [0.25, 0.3) is 11.3 Å². The number of hydrogen-bond acceptors (Lipinski definition) is 7. The number of rotatable bonds is 6. The van der Waals surface area contributed by atoms with Gasteiger partial charge in [0, 0.05) is 11.9 Å². The van der Waals surface area contributed by atoms with Crippen LogP contribution in [0.4, 0.5) is 13.2 Å². The molecule has 0 bridgehead atoms. The smallest absolute Gasteiger partial charge is 0.432 e. The predicted octanol–water partition coefficient (Wildman–Crippen LogP) is 3.74. The fourth-order valence-electron chi connectivity index (χ4n) is 2.80. The van der Waals surface area contributed by atoms with E-state index in [1.165, 1.54) is 18.4 Å². The first-order valence-corrected chi connectivity index (χ1v) is 11.7. The number of carbonyl (C=O) groups is 1. The summed E-state index contributed by atoms with van der Waals surface area (Å²) >= 11 is 1.94. The molecular weight excluding hydrogens is 465 g/mol. The third-order valence-corrected chi connectivity index (χ3v) is 8.19. The van der Waals surface area contributed by atoms with Gasteiger partial charge in [-0.2, -0.15) is 13.2 Å². The molecule has 0 aliphatic carbocycles. The number of thiazole rings is 1. The molecule has 0 saturated carbocycles. The van der Waals surface area contributed by atoms with Crippen molar-refractivity contribution >= 4 is 38.5 Å². The molecule has 3 aromatic rings. The highest BCUT2D eigenvalue weighted by Gasteiger charge is 2.40. The lowest BCUT2D eigenvalue weighted by Gasteiger charge is -2.17. The van der Waals surface area contributed by atoms with E-state index in [1.54, 1.807) is 11.4 Å². The first-order valence-electron chi connectivity index (χ1n) is 8.25. The molecule has 0 saturated heterocycles. The summed E-state index contributed by atoms with van der Waals surface area (Å²) in [6.45, 7) is 0.873. The zero-order valence-corrected chi connectivity index (χ0v) is 17.6. The van der Waals surface area contributed by atoms with Crippen molar-refractivity contribution < 1.29 is 31.5 Å². The second kappa shape index (κ2) is 7.96. The van der Waals surface area contributed by atoms with Crippen LogP contribution in [0.5, 0.6) is 0 Å². The van der Waals surface area contributed by atoms with Gasteiger partial charge in [-0.15, -0.1) is 22.7 Å². The molecule has 0 atom stereocenters. The quantitative estimate of drug-likeness (QED) is 0.579. The summed E-state index contributed by atoms with van der Waals surface area (Å²) in [5, 5.41) is 12.3. The lowest BCUT2D eigenvalue weighted by Crippen LogP contribution is -2.31. The number of nitrogens with zero attached hydrogens (tertiary/aromatic N) is 2. The summed E-state index contributed by atoms with van der Waals surface area (Å²) in [5.74, 6) is -2.30. The molecule has 1 N–H and O–H groups in total. The van der Waals surface area contributed by atoms with Crippen molar-refractivity contribution in [2.45, 2.75) is 29.6 Å². The van der Waals surface area contributed by atoms with Crippen LogP contribution in [0.3, 0.4) is 0 Å². The Kier molecular flexibility index (Phi) is 5.89. The summed E-state index contributed by atoms with van der Waals surface area (Å²) in [7, 11) is -3.67. The monoisotopic (exact) mass is 478 g/mol. The van der Waals surface area contributed by atoms with Gasteiger partial charge in [-0.25, -0.2) is 18.2 Å². The summed E-state index contributed by atoms with van der Waals surface area (Å²) < 4.78 is 65.4. The van der Waals surface area contributed by atoms with Gasteiger partial charge in [0.2, 0.25) is 0 Å². The maximum absolute atomic E-state index is 13.4. The van der Waals surface area contributed by atoms with E-state index < -0.39 is 51.1 Å². The van der Waals surface area contributed by atoms with Crippen LogP contribution in [-0.2, 0) is 28.3 Å². The van der Waals surface area contributed by atoms with Crippen LogP contribution in [0, 0.1) is 0 Å². The number of pyridine rings is 1. The fourth-order valence-corrected chi connectivity index (χ4v) is 6.31. The number of carboxylic acids is 1. The highest BCUT2D eigenvalue weighted by atomic mass is 32.2. The van der Waals surface area contributed by atoms with E-state index in [0.29, 0.717) is 10.6 Å². The number of hydrogen-bond donors (Lipinski definition) is 1. The van der Waals surface area contributed by atoms with Crippen molar-refractivity contribution in [3.63, 3.8) is 0 Å². The van der Waals surface area contributed by atoms with Crippen molar-refractivity contribution in [1.29, 1.82) is 0 Å². The van der Waals surface area contributed by atoms with Gasteiger partial charge in [-0.3, -0.25) is 4.79 Å². The second-order valence-corrected chi connectivity index (χ2v) is 10.1. The lowest BCUT2D eigenvalue weighted by molar-refractivity contribution is -0.144. The summed E-state index contributed by atoms with van der Waals surface area (Å²) in [6.07, 6.45) is -5.05. The number of alkyl halides is 3. The van der Waals surface area contributed by atoms with Gasteiger partial charge >= 0.3 is 12.1 Å². The minimum atomic E-state index is -5.05. The van der Waals surface area contributed by atoms with Crippen molar-refractivity contribution in [2.24, 2.45) is 0 Å². The first-order chi connectivity index (χ1) is 14.0. The van der Waals surface area contributed by atoms with Gasteiger partial charge in [-0.05, 0) is 24.4 Å². The number of thiophene rings is 1. The van der Waals surface area contributed by atoms with Crippen molar-refractivity contribution in [2.75, 3.05) is 0 Å². The van der Waals surface area contributed by atoms with Crippen molar-refractivity contribution in [1.82, 2.24) is 9.55 Å². The predicted molar refractivity (Wildman–Crippen MR) is 105 cm³/mol. The molecule has 0 aliphatic rings. The third-order valence-electron chi connectivity index (χ3n) is 4.05. The van der Waals surface area contributed by atoms with Crippen molar-refractivity contribution in [3.05, 3.63) is 55.6 Å². The molecule has 7 nitrogen and oxygen atoms in total. The van der Waals surface area contributed by atoms with E-state index >= 15 is 0 Å². The molecule has 3 heterocycles. The maximum atomic E-state index is 13.4. The van der Waals surface area contributed by atoms with Crippen LogP contribution in [0.15, 0.2) is 38.0 Å². The largest absolute Gasteiger partial charge is 0.478 e. The van der Waals surface area contributed by atoms with E-state index in [9.17, 15) is 36.3 Å². The minimum Gasteiger partial charge on any atom is -0.478 e. The van der Waals surface area contributed by atoms with E-state index in [1.807, 2.05) is 0 Å².